The lowest BCUT2D eigenvalue weighted by molar-refractivity contribution is 0.0645. The van der Waals surface area contributed by atoms with Gasteiger partial charge in [0.2, 0.25) is 0 Å². The van der Waals surface area contributed by atoms with Crippen molar-refractivity contribution in [3.8, 4) is 0 Å². The van der Waals surface area contributed by atoms with Crippen molar-refractivity contribution in [1.82, 2.24) is 9.80 Å². The van der Waals surface area contributed by atoms with Gasteiger partial charge in [-0.2, -0.15) is 0 Å². The first-order valence-electron chi connectivity index (χ1n) is 5.68. The maximum absolute atomic E-state index is 2.71. The summed E-state index contributed by atoms with van der Waals surface area (Å²) in [6.07, 6.45) is 2.83. The summed E-state index contributed by atoms with van der Waals surface area (Å²) in [6.45, 7) is 10.9. The van der Waals surface area contributed by atoms with E-state index in [1.807, 2.05) is 0 Å². The number of hydrogen-bond donors (Lipinski definition) is 0. The quantitative estimate of drug-likeness (QED) is 0.607. The zero-order valence-electron chi connectivity index (χ0n) is 9.16. The molecule has 2 heterocycles. The van der Waals surface area contributed by atoms with Crippen LogP contribution in [0.5, 0.6) is 0 Å². The molecule has 0 spiro atoms. The molecule has 0 aromatic rings. The van der Waals surface area contributed by atoms with Gasteiger partial charge in [0.15, 0.2) is 0 Å². The summed E-state index contributed by atoms with van der Waals surface area (Å²) in [5.41, 5.74) is 0. The van der Waals surface area contributed by atoms with Crippen LogP contribution in [0.15, 0.2) is 0 Å². The van der Waals surface area contributed by atoms with Gasteiger partial charge in [0.25, 0.3) is 0 Å². The van der Waals surface area contributed by atoms with Gasteiger partial charge < -0.3 is 0 Å². The van der Waals surface area contributed by atoms with E-state index in [2.05, 4.69) is 30.6 Å². The molecular formula is C11H22N2. The van der Waals surface area contributed by atoms with Crippen LogP contribution in [0.1, 0.15) is 33.6 Å². The molecule has 2 rings (SSSR count). The summed E-state index contributed by atoms with van der Waals surface area (Å²) in [6, 6.07) is 2.45. The average molecular weight is 182 g/mol. The van der Waals surface area contributed by atoms with Crippen LogP contribution < -0.4 is 0 Å². The normalized spacial score (nSPS) is 36.9. The molecule has 13 heavy (non-hydrogen) atoms. The highest BCUT2D eigenvalue weighted by atomic mass is 15.3. The van der Waals surface area contributed by atoms with Crippen molar-refractivity contribution in [3.05, 3.63) is 0 Å². The summed E-state index contributed by atoms with van der Waals surface area (Å²) in [7, 11) is 0. The van der Waals surface area contributed by atoms with Crippen LogP contribution in [-0.2, 0) is 0 Å². The topological polar surface area (TPSA) is 6.48 Å². The molecule has 0 aliphatic carbocycles. The summed E-state index contributed by atoms with van der Waals surface area (Å²) in [4.78, 5) is 5.33. The minimum atomic E-state index is 0.734. The first kappa shape index (κ1) is 9.47. The molecule has 2 nitrogen and oxygen atoms in total. The van der Waals surface area contributed by atoms with E-state index in [0.717, 1.165) is 18.1 Å². The lowest BCUT2D eigenvalue weighted by atomic mass is 10.1. The van der Waals surface area contributed by atoms with Crippen LogP contribution in [0.25, 0.3) is 0 Å². The fraction of sp³-hybridized carbons (Fsp3) is 1.00. The molecule has 2 heteroatoms. The van der Waals surface area contributed by atoms with Gasteiger partial charge in [0.05, 0.1) is 0 Å². The minimum Gasteiger partial charge on any atom is -0.298 e. The Morgan fingerprint density at radius 2 is 1.92 bits per heavy atom. The molecule has 2 atom stereocenters. The van der Waals surface area contributed by atoms with Crippen LogP contribution in [-0.4, -0.2) is 47.6 Å². The van der Waals surface area contributed by atoms with E-state index in [4.69, 9.17) is 0 Å². The molecule has 0 saturated carbocycles. The third-order valence-electron chi connectivity index (χ3n) is 3.77. The van der Waals surface area contributed by atoms with Crippen molar-refractivity contribution >= 4 is 0 Å². The third-order valence-corrected chi connectivity index (χ3v) is 3.77. The third kappa shape index (κ3) is 1.75. The first-order valence-corrected chi connectivity index (χ1v) is 5.68. The first-order chi connectivity index (χ1) is 6.18. The van der Waals surface area contributed by atoms with Crippen molar-refractivity contribution in [1.29, 1.82) is 0 Å². The van der Waals surface area contributed by atoms with Crippen molar-refractivity contribution in [2.24, 2.45) is 0 Å². The SMILES string of the molecule is CC(C)N1CCN2C(C)CC[C@@H]2C1. The van der Waals surface area contributed by atoms with Gasteiger partial charge >= 0.3 is 0 Å². The smallest absolute Gasteiger partial charge is 0.0227 e. The van der Waals surface area contributed by atoms with Crippen molar-refractivity contribution in [2.45, 2.75) is 51.7 Å². The molecular weight excluding hydrogens is 160 g/mol. The van der Waals surface area contributed by atoms with Crippen molar-refractivity contribution in [2.75, 3.05) is 19.6 Å². The highest BCUT2D eigenvalue weighted by Crippen LogP contribution is 2.27. The Bertz CT molecular complexity index is 179. The van der Waals surface area contributed by atoms with Gasteiger partial charge in [-0.15, -0.1) is 0 Å². The Morgan fingerprint density at radius 1 is 1.15 bits per heavy atom. The van der Waals surface area contributed by atoms with E-state index in [-0.39, 0.29) is 0 Å². The summed E-state index contributed by atoms with van der Waals surface area (Å²) >= 11 is 0. The molecule has 1 unspecified atom stereocenters. The minimum absolute atomic E-state index is 0.734. The molecule has 2 aliphatic rings. The molecule has 0 N–H and O–H groups in total. The summed E-state index contributed by atoms with van der Waals surface area (Å²) < 4.78 is 0. The van der Waals surface area contributed by atoms with Crippen LogP contribution in [0, 0.1) is 0 Å². The maximum atomic E-state index is 2.71. The Balaban J connectivity index is 1.95. The van der Waals surface area contributed by atoms with Crippen LogP contribution in [0.2, 0.25) is 0 Å². The predicted molar refractivity (Wildman–Crippen MR) is 55.9 cm³/mol. The Kier molecular flexibility index (Phi) is 2.61. The van der Waals surface area contributed by atoms with E-state index in [0.29, 0.717) is 0 Å². The zero-order valence-corrected chi connectivity index (χ0v) is 9.16. The van der Waals surface area contributed by atoms with Gasteiger partial charge in [-0.1, -0.05) is 0 Å². The molecule has 0 aromatic heterocycles. The van der Waals surface area contributed by atoms with Gasteiger partial charge in [0.1, 0.15) is 0 Å². The van der Waals surface area contributed by atoms with E-state index < -0.39 is 0 Å². The number of hydrogen-bond acceptors (Lipinski definition) is 2. The van der Waals surface area contributed by atoms with Crippen LogP contribution in [0.3, 0.4) is 0 Å². The monoisotopic (exact) mass is 182 g/mol. The van der Waals surface area contributed by atoms with Crippen molar-refractivity contribution < 1.29 is 0 Å². The summed E-state index contributed by atoms with van der Waals surface area (Å²) in [5.74, 6) is 0. The zero-order chi connectivity index (χ0) is 9.42. The molecule has 0 bridgehead atoms. The second-order valence-electron chi connectivity index (χ2n) is 4.91. The Hall–Kier alpha value is -0.0800. The van der Waals surface area contributed by atoms with E-state index in [9.17, 15) is 0 Å². The average Bonchev–Trinajstić information content (AvgIpc) is 2.47. The lowest BCUT2D eigenvalue weighted by Gasteiger charge is -2.41. The molecule has 2 aliphatic heterocycles. The lowest BCUT2D eigenvalue weighted by Crippen LogP contribution is -2.53. The number of rotatable bonds is 1. The molecule has 0 amide bonds. The molecule has 2 saturated heterocycles. The second kappa shape index (κ2) is 3.58. The predicted octanol–water partition coefficient (Wildman–Crippen LogP) is 1.56. The standard InChI is InChI=1S/C11H22N2/c1-9(2)12-6-7-13-10(3)4-5-11(13)8-12/h9-11H,4-8H2,1-3H3/t10?,11-/m1/s1. The van der Waals surface area contributed by atoms with Crippen molar-refractivity contribution in [3.63, 3.8) is 0 Å². The molecule has 2 fully saturated rings. The number of piperazine rings is 1. The van der Waals surface area contributed by atoms with Crippen LogP contribution in [0.4, 0.5) is 0 Å². The Morgan fingerprint density at radius 3 is 2.62 bits per heavy atom. The highest BCUT2D eigenvalue weighted by Gasteiger charge is 2.35. The maximum Gasteiger partial charge on any atom is 0.0227 e. The summed E-state index contributed by atoms with van der Waals surface area (Å²) in [5, 5.41) is 0. The van der Waals surface area contributed by atoms with Gasteiger partial charge in [-0.25, -0.2) is 0 Å². The van der Waals surface area contributed by atoms with Gasteiger partial charge in [-0.3, -0.25) is 9.80 Å². The molecule has 0 radical (unpaired) electrons. The largest absolute Gasteiger partial charge is 0.298 e. The number of fused-ring (bicyclic) bond motifs is 1. The Labute approximate surface area is 81.9 Å². The highest BCUT2D eigenvalue weighted by molar-refractivity contribution is 4.91. The number of nitrogens with zero attached hydrogens (tertiary/aromatic N) is 2. The molecule has 0 aromatic carbocycles. The second-order valence-corrected chi connectivity index (χ2v) is 4.91. The fourth-order valence-corrected chi connectivity index (χ4v) is 2.80. The van der Waals surface area contributed by atoms with E-state index in [1.165, 1.54) is 32.5 Å². The fourth-order valence-electron chi connectivity index (χ4n) is 2.80. The van der Waals surface area contributed by atoms with Gasteiger partial charge in [0, 0.05) is 37.8 Å². The van der Waals surface area contributed by atoms with E-state index in [1.54, 1.807) is 0 Å². The van der Waals surface area contributed by atoms with Gasteiger partial charge in [-0.05, 0) is 33.6 Å². The van der Waals surface area contributed by atoms with E-state index >= 15 is 0 Å². The van der Waals surface area contributed by atoms with Crippen LogP contribution >= 0.6 is 0 Å². The molecule has 76 valence electrons.